The second-order valence-electron chi connectivity index (χ2n) is 10.2. The minimum absolute atomic E-state index is 0.197. The highest BCUT2D eigenvalue weighted by atomic mass is 31.2. The Morgan fingerprint density at radius 2 is 1.59 bits per heavy atom. The van der Waals surface area contributed by atoms with Crippen molar-refractivity contribution < 1.29 is 51.4 Å². The number of rotatable bonds is 10. The topological polar surface area (TPSA) is 182 Å². The van der Waals surface area contributed by atoms with Crippen LogP contribution in [0.4, 0.5) is 4.39 Å². The fraction of sp³-hybridized carbons (Fsp3) is 0.714. The van der Waals surface area contributed by atoms with Gasteiger partial charge in [0.05, 0.1) is 29.7 Å². The number of aliphatic hydroxyl groups excluding tert-OH is 1. The number of phosphoric ester groups is 1. The average Bonchev–Trinajstić information content (AvgIpc) is 3.13. The summed E-state index contributed by atoms with van der Waals surface area (Å²) in [6.07, 6.45) is -3.20. The number of ether oxygens (including phenoxy) is 3. The number of halogens is 1. The van der Waals surface area contributed by atoms with Crippen LogP contribution in [0.5, 0.6) is 0 Å². The van der Waals surface area contributed by atoms with Crippen LogP contribution in [0.1, 0.15) is 54.2 Å². The van der Waals surface area contributed by atoms with E-state index in [0.717, 1.165) is 4.57 Å². The number of carbonyl (C=O) groups is 2. The van der Waals surface area contributed by atoms with E-state index in [0.29, 0.717) is 6.20 Å². The molecule has 0 aromatic carbocycles. The van der Waals surface area contributed by atoms with Crippen molar-refractivity contribution in [2.45, 2.75) is 66.4 Å². The third-order valence-electron chi connectivity index (χ3n) is 4.86. The van der Waals surface area contributed by atoms with Crippen LogP contribution in [0.25, 0.3) is 0 Å². The summed E-state index contributed by atoms with van der Waals surface area (Å²) in [5.74, 6) is -2.58. The number of aromatic nitrogens is 2. The number of esters is 2. The summed E-state index contributed by atoms with van der Waals surface area (Å²) in [5.41, 5.74) is -3.95. The molecule has 0 spiro atoms. The van der Waals surface area contributed by atoms with Gasteiger partial charge < -0.3 is 19.3 Å². The number of aromatic amines is 1. The Labute approximate surface area is 211 Å². The lowest BCUT2D eigenvalue weighted by Crippen LogP contribution is -2.34. The van der Waals surface area contributed by atoms with E-state index < -0.39 is 86.3 Å². The molecule has 2 N–H and O–H groups in total. The molecule has 0 amide bonds. The number of nitrogens with one attached hydrogen (secondary N) is 1. The predicted octanol–water partition coefficient (Wildman–Crippen LogP) is 1.58. The maximum Gasteiger partial charge on any atom is 0.480 e. The Balaban J connectivity index is 2.06. The average molecular weight is 554 g/mol. The Morgan fingerprint density at radius 3 is 2.08 bits per heavy atom. The molecule has 1 aliphatic rings. The van der Waals surface area contributed by atoms with Crippen molar-refractivity contribution in [1.29, 1.82) is 0 Å². The highest BCUT2D eigenvalue weighted by Gasteiger charge is 2.39. The molecule has 0 radical (unpaired) electrons. The quantitative estimate of drug-likeness (QED) is 0.242. The smallest absolute Gasteiger partial charge is 0.437 e. The van der Waals surface area contributed by atoms with E-state index in [1.807, 2.05) is 0 Å². The van der Waals surface area contributed by atoms with Gasteiger partial charge in [-0.25, -0.2) is 18.4 Å². The summed E-state index contributed by atoms with van der Waals surface area (Å²) in [5, 5.41) is 10.3. The molecule has 1 aliphatic heterocycles. The van der Waals surface area contributed by atoms with Gasteiger partial charge in [0.1, 0.15) is 12.3 Å². The van der Waals surface area contributed by atoms with E-state index in [-0.39, 0.29) is 6.42 Å². The molecule has 3 unspecified atom stereocenters. The van der Waals surface area contributed by atoms with Crippen molar-refractivity contribution in [2.24, 2.45) is 10.8 Å². The van der Waals surface area contributed by atoms with Crippen LogP contribution < -0.4 is 11.2 Å². The van der Waals surface area contributed by atoms with Gasteiger partial charge in [-0.3, -0.25) is 28.5 Å². The molecule has 2 rings (SSSR count). The number of nitrogens with zero attached hydrogens (tertiary/aromatic N) is 1. The Bertz CT molecular complexity index is 1100. The van der Waals surface area contributed by atoms with Gasteiger partial charge >= 0.3 is 25.5 Å². The minimum Gasteiger partial charge on any atom is -0.437 e. The molecule has 37 heavy (non-hydrogen) atoms. The standard InChI is InChI=1S/C21H32FN2O12P/c1-20(2,3)17(27)31-10-34-37(30,35-11-32-18(28)21(4,5)6)33-9-14-13(25)7-15(36-14)24-8-12(22)16(26)23-19(24)29/h8,13-15,25H,7,9-11H2,1-6H3,(H,23,26,29). The van der Waals surface area contributed by atoms with Gasteiger partial charge in [-0.15, -0.1) is 0 Å². The van der Waals surface area contributed by atoms with Crippen molar-refractivity contribution in [3.05, 3.63) is 32.9 Å². The van der Waals surface area contributed by atoms with Crippen LogP contribution in [-0.2, 0) is 41.9 Å². The highest BCUT2D eigenvalue weighted by molar-refractivity contribution is 7.48. The lowest BCUT2D eigenvalue weighted by molar-refractivity contribution is -0.163. The Hall–Kier alpha value is -2.42. The summed E-state index contributed by atoms with van der Waals surface area (Å²) in [6, 6.07) is 0. The van der Waals surface area contributed by atoms with Crippen molar-refractivity contribution in [1.82, 2.24) is 9.55 Å². The van der Waals surface area contributed by atoms with Crippen LogP contribution in [0.3, 0.4) is 0 Å². The van der Waals surface area contributed by atoms with Crippen molar-refractivity contribution >= 4 is 19.8 Å². The number of hydrogen-bond donors (Lipinski definition) is 2. The third kappa shape index (κ3) is 8.83. The van der Waals surface area contributed by atoms with Crippen LogP contribution in [0, 0.1) is 16.6 Å². The van der Waals surface area contributed by atoms with Gasteiger partial charge in [0, 0.05) is 6.42 Å². The van der Waals surface area contributed by atoms with E-state index in [9.17, 15) is 33.2 Å². The molecule has 1 aromatic rings. The summed E-state index contributed by atoms with van der Waals surface area (Å²) < 4.78 is 58.0. The first-order chi connectivity index (χ1) is 16.9. The molecule has 2 heterocycles. The third-order valence-corrected chi connectivity index (χ3v) is 6.17. The number of aliphatic hydroxyl groups is 1. The Kier molecular flexibility index (Phi) is 9.96. The second-order valence-corrected chi connectivity index (χ2v) is 11.8. The molecule has 1 saturated heterocycles. The zero-order chi connectivity index (χ0) is 28.2. The van der Waals surface area contributed by atoms with Gasteiger partial charge in [-0.05, 0) is 41.5 Å². The van der Waals surface area contributed by atoms with Crippen LogP contribution in [0.2, 0.25) is 0 Å². The summed E-state index contributed by atoms with van der Waals surface area (Å²) in [6.45, 7) is 7.24. The van der Waals surface area contributed by atoms with Gasteiger partial charge in [0.15, 0.2) is 0 Å². The molecule has 0 saturated carbocycles. The van der Waals surface area contributed by atoms with Crippen molar-refractivity contribution in [2.75, 3.05) is 20.2 Å². The fourth-order valence-corrected chi connectivity index (χ4v) is 3.63. The van der Waals surface area contributed by atoms with Crippen molar-refractivity contribution in [3.63, 3.8) is 0 Å². The fourth-order valence-electron chi connectivity index (χ4n) is 2.71. The zero-order valence-corrected chi connectivity index (χ0v) is 22.2. The van der Waals surface area contributed by atoms with Gasteiger partial charge in [0.25, 0.3) is 5.56 Å². The van der Waals surface area contributed by atoms with Crippen LogP contribution >= 0.6 is 7.82 Å². The van der Waals surface area contributed by atoms with Crippen LogP contribution in [-0.4, -0.2) is 59.0 Å². The number of hydrogen-bond acceptors (Lipinski definition) is 12. The maximum atomic E-state index is 13.6. The van der Waals surface area contributed by atoms with E-state index >= 15 is 0 Å². The summed E-state index contributed by atoms with van der Waals surface area (Å²) in [7, 11) is -4.55. The van der Waals surface area contributed by atoms with Crippen molar-refractivity contribution in [3.8, 4) is 0 Å². The lowest BCUT2D eigenvalue weighted by Gasteiger charge is -2.23. The Morgan fingerprint density at radius 1 is 1.08 bits per heavy atom. The first-order valence-electron chi connectivity index (χ1n) is 11.2. The van der Waals surface area contributed by atoms with E-state index in [1.165, 1.54) is 0 Å². The number of carbonyl (C=O) groups excluding carboxylic acids is 2. The summed E-state index contributed by atoms with van der Waals surface area (Å²) in [4.78, 5) is 48.9. The van der Waals surface area contributed by atoms with E-state index in [1.54, 1.807) is 46.5 Å². The van der Waals surface area contributed by atoms with Gasteiger partial charge in [-0.2, -0.15) is 4.39 Å². The molecule has 16 heteroatoms. The first kappa shape index (κ1) is 30.8. The minimum atomic E-state index is -4.55. The SMILES string of the molecule is CC(C)(C)C(=O)OCOP(=O)(OCOC(=O)C(C)(C)C)OCC1OC(n2cc(F)c(=O)[nH]c2=O)CC1O. The zero-order valence-electron chi connectivity index (χ0n) is 21.3. The molecule has 210 valence electrons. The molecular formula is C21H32FN2O12P. The predicted molar refractivity (Wildman–Crippen MR) is 122 cm³/mol. The normalized spacial score (nSPS) is 20.6. The lowest BCUT2D eigenvalue weighted by atomic mass is 9.98. The first-order valence-corrected chi connectivity index (χ1v) is 12.6. The molecular weight excluding hydrogens is 522 g/mol. The maximum absolute atomic E-state index is 13.6. The largest absolute Gasteiger partial charge is 0.480 e. The monoisotopic (exact) mass is 554 g/mol. The van der Waals surface area contributed by atoms with Crippen LogP contribution in [0.15, 0.2) is 15.8 Å². The van der Waals surface area contributed by atoms with E-state index in [4.69, 9.17) is 27.8 Å². The molecule has 14 nitrogen and oxygen atoms in total. The van der Waals surface area contributed by atoms with Gasteiger partial charge in [-0.1, -0.05) is 0 Å². The molecule has 1 aromatic heterocycles. The summed E-state index contributed by atoms with van der Waals surface area (Å²) >= 11 is 0. The highest BCUT2D eigenvalue weighted by Crippen LogP contribution is 2.50. The van der Waals surface area contributed by atoms with Gasteiger partial charge in [0.2, 0.25) is 19.4 Å². The molecule has 3 atom stereocenters. The van der Waals surface area contributed by atoms with E-state index in [2.05, 4.69) is 0 Å². The molecule has 0 aliphatic carbocycles. The number of H-pyrrole nitrogens is 1. The number of phosphoric acid groups is 1. The molecule has 1 fully saturated rings. The second kappa shape index (κ2) is 12.0. The molecule has 0 bridgehead atoms.